The lowest BCUT2D eigenvalue weighted by atomic mass is 10.1. The van der Waals surface area contributed by atoms with Gasteiger partial charge in [0.2, 0.25) is 6.79 Å². The molecule has 0 bridgehead atoms. The van der Waals surface area contributed by atoms with E-state index in [9.17, 15) is 5.11 Å². The normalized spacial score (nSPS) is 12.9. The van der Waals surface area contributed by atoms with E-state index >= 15 is 0 Å². The average molecular weight is 342 g/mol. The Morgan fingerprint density at radius 2 is 2.00 bits per heavy atom. The Bertz CT molecular complexity index is 600. The highest BCUT2D eigenvalue weighted by atomic mass is 79.9. The molecule has 3 rings (SSSR count). The summed E-state index contributed by atoms with van der Waals surface area (Å²) in [6.07, 6.45) is 0. The SMILES string of the molecule is Oc1cc2c(cc1CNCc1ccc(Br)s1)OCO2. The predicted molar refractivity (Wildman–Crippen MR) is 76.8 cm³/mol. The molecule has 0 spiro atoms. The fourth-order valence-electron chi connectivity index (χ4n) is 1.88. The Kier molecular flexibility index (Phi) is 3.63. The van der Waals surface area contributed by atoms with Crippen molar-refractivity contribution in [2.24, 2.45) is 0 Å². The van der Waals surface area contributed by atoms with Crippen LogP contribution in [0, 0.1) is 0 Å². The van der Waals surface area contributed by atoms with E-state index < -0.39 is 0 Å². The van der Waals surface area contributed by atoms with Crippen LogP contribution in [-0.2, 0) is 13.1 Å². The molecule has 6 heteroatoms. The molecule has 100 valence electrons. The van der Waals surface area contributed by atoms with E-state index in [4.69, 9.17) is 9.47 Å². The summed E-state index contributed by atoms with van der Waals surface area (Å²) in [5.41, 5.74) is 0.805. The van der Waals surface area contributed by atoms with E-state index in [-0.39, 0.29) is 12.5 Å². The quantitative estimate of drug-likeness (QED) is 0.896. The van der Waals surface area contributed by atoms with Crippen molar-refractivity contribution in [2.75, 3.05) is 6.79 Å². The molecule has 0 saturated heterocycles. The number of nitrogens with one attached hydrogen (secondary N) is 1. The van der Waals surface area contributed by atoms with E-state index in [1.807, 2.05) is 12.1 Å². The minimum atomic E-state index is 0.217. The molecule has 0 aliphatic carbocycles. The van der Waals surface area contributed by atoms with Crippen molar-refractivity contribution in [3.8, 4) is 17.2 Å². The second kappa shape index (κ2) is 5.40. The van der Waals surface area contributed by atoms with Crippen LogP contribution in [0.2, 0.25) is 0 Å². The van der Waals surface area contributed by atoms with Crippen LogP contribution in [0.1, 0.15) is 10.4 Å². The van der Waals surface area contributed by atoms with E-state index in [1.54, 1.807) is 17.4 Å². The standard InChI is InChI=1S/C13H12BrNO3S/c14-13-2-1-9(19-13)6-15-5-8-3-11-12(4-10(8)16)18-7-17-11/h1-4,15-16H,5-7H2. The van der Waals surface area contributed by atoms with E-state index in [1.165, 1.54) is 4.88 Å². The van der Waals surface area contributed by atoms with Crippen molar-refractivity contribution in [1.29, 1.82) is 0 Å². The minimum absolute atomic E-state index is 0.217. The van der Waals surface area contributed by atoms with Crippen molar-refractivity contribution >= 4 is 27.3 Å². The van der Waals surface area contributed by atoms with E-state index in [0.717, 1.165) is 15.9 Å². The first-order chi connectivity index (χ1) is 9.22. The number of phenols is 1. The van der Waals surface area contributed by atoms with Gasteiger partial charge in [0.05, 0.1) is 3.79 Å². The number of rotatable bonds is 4. The van der Waals surface area contributed by atoms with Gasteiger partial charge in [-0.3, -0.25) is 0 Å². The Labute approximate surface area is 123 Å². The first-order valence-electron chi connectivity index (χ1n) is 5.79. The van der Waals surface area contributed by atoms with Gasteiger partial charge >= 0.3 is 0 Å². The van der Waals surface area contributed by atoms with Crippen LogP contribution < -0.4 is 14.8 Å². The average Bonchev–Trinajstić information content (AvgIpc) is 2.98. The lowest BCUT2D eigenvalue weighted by molar-refractivity contribution is 0.174. The number of hydrogen-bond acceptors (Lipinski definition) is 5. The fraction of sp³-hybridized carbons (Fsp3) is 0.231. The van der Waals surface area contributed by atoms with Crippen LogP contribution in [0.3, 0.4) is 0 Å². The van der Waals surface area contributed by atoms with E-state index in [2.05, 4.69) is 27.3 Å². The predicted octanol–water partition coefficient (Wildman–Crippen LogP) is 3.23. The maximum atomic E-state index is 9.90. The Morgan fingerprint density at radius 3 is 2.74 bits per heavy atom. The molecular weight excluding hydrogens is 330 g/mol. The summed E-state index contributed by atoms with van der Waals surface area (Å²) in [4.78, 5) is 1.24. The lowest BCUT2D eigenvalue weighted by Crippen LogP contribution is -2.11. The summed E-state index contributed by atoms with van der Waals surface area (Å²) in [5.74, 6) is 1.51. The Balaban J connectivity index is 1.64. The zero-order valence-electron chi connectivity index (χ0n) is 9.98. The molecule has 2 aromatic rings. The maximum Gasteiger partial charge on any atom is 0.231 e. The van der Waals surface area contributed by atoms with Gasteiger partial charge in [-0.25, -0.2) is 0 Å². The topological polar surface area (TPSA) is 50.7 Å². The molecule has 1 aliphatic rings. The van der Waals surface area contributed by atoms with Gasteiger partial charge in [-0.2, -0.15) is 0 Å². The number of ether oxygens (including phenoxy) is 2. The molecular formula is C13H12BrNO3S. The highest BCUT2D eigenvalue weighted by Gasteiger charge is 2.16. The third-order valence-electron chi connectivity index (χ3n) is 2.82. The molecule has 0 fully saturated rings. The number of hydrogen-bond donors (Lipinski definition) is 2. The second-order valence-corrected chi connectivity index (χ2v) is 6.69. The van der Waals surface area contributed by atoms with Crippen LogP contribution in [0.25, 0.3) is 0 Å². The molecule has 0 atom stereocenters. The van der Waals surface area contributed by atoms with Gasteiger partial charge in [0.15, 0.2) is 11.5 Å². The number of benzene rings is 1. The smallest absolute Gasteiger partial charge is 0.231 e. The minimum Gasteiger partial charge on any atom is -0.507 e. The van der Waals surface area contributed by atoms with Crippen LogP contribution in [0.5, 0.6) is 17.2 Å². The molecule has 1 aliphatic heterocycles. The molecule has 1 aromatic carbocycles. The second-order valence-electron chi connectivity index (χ2n) is 4.14. The summed E-state index contributed by atoms with van der Waals surface area (Å²) >= 11 is 5.13. The monoisotopic (exact) mass is 341 g/mol. The molecule has 4 nitrogen and oxygen atoms in total. The van der Waals surface area contributed by atoms with Crippen LogP contribution >= 0.6 is 27.3 Å². The third-order valence-corrected chi connectivity index (χ3v) is 4.44. The maximum absolute atomic E-state index is 9.90. The molecule has 0 unspecified atom stereocenters. The van der Waals surface area contributed by atoms with Gasteiger partial charge in [0, 0.05) is 29.6 Å². The summed E-state index contributed by atoms with van der Waals surface area (Å²) < 4.78 is 11.6. The molecule has 0 amide bonds. The Morgan fingerprint density at radius 1 is 1.21 bits per heavy atom. The molecule has 0 saturated carbocycles. The fourth-order valence-corrected chi connectivity index (χ4v) is 3.33. The van der Waals surface area contributed by atoms with Gasteiger partial charge in [-0.05, 0) is 34.1 Å². The van der Waals surface area contributed by atoms with Crippen LogP contribution in [0.4, 0.5) is 0 Å². The molecule has 19 heavy (non-hydrogen) atoms. The first-order valence-corrected chi connectivity index (χ1v) is 7.40. The number of thiophene rings is 1. The van der Waals surface area contributed by atoms with Crippen molar-refractivity contribution < 1.29 is 14.6 Å². The van der Waals surface area contributed by atoms with Crippen LogP contribution in [-0.4, -0.2) is 11.9 Å². The van der Waals surface area contributed by atoms with Crippen molar-refractivity contribution in [1.82, 2.24) is 5.32 Å². The molecule has 1 aromatic heterocycles. The van der Waals surface area contributed by atoms with Gasteiger partial charge in [0.1, 0.15) is 5.75 Å². The molecule has 2 N–H and O–H groups in total. The lowest BCUT2D eigenvalue weighted by Gasteiger charge is -2.07. The Hall–Kier alpha value is -1.24. The highest BCUT2D eigenvalue weighted by Crippen LogP contribution is 2.37. The van der Waals surface area contributed by atoms with Gasteiger partial charge in [0.25, 0.3) is 0 Å². The number of aromatic hydroxyl groups is 1. The summed E-state index contributed by atoms with van der Waals surface area (Å²) in [7, 11) is 0. The van der Waals surface area contributed by atoms with E-state index in [0.29, 0.717) is 18.0 Å². The summed E-state index contributed by atoms with van der Waals surface area (Å²) in [5, 5.41) is 13.2. The molecule has 2 heterocycles. The third kappa shape index (κ3) is 2.86. The number of halogens is 1. The zero-order valence-corrected chi connectivity index (χ0v) is 12.4. The summed E-state index contributed by atoms with van der Waals surface area (Å²) in [6.45, 7) is 1.57. The summed E-state index contributed by atoms with van der Waals surface area (Å²) in [6, 6.07) is 7.51. The number of phenolic OH excluding ortho intramolecular Hbond substituents is 1. The first kappa shape index (κ1) is 12.8. The number of fused-ring (bicyclic) bond motifs is 1. The highest BCUT2D eigenvalue weighted by molar-refractivity contribution is 9.11. The van der Waals surface area contributed by atoms with Crippen molar-refractivity contribution in [3.63, 3.8) is 0 Å². The van der Waals surface area contributed by atoms with Gasteiger partial charge in [-0.1, -0.05) is 0 Å². The largest absolute Gasteiger partial charge is 0.507 e. The van der Waals surface area contributed by atoms with Crippen molar-refractivity contribution in [3.05, 3.63) is 38.5 Å². The van der Waals surface area contributed by atoms with Crippen molar-refractivity contribution in [2.45, 2.75) is 13.1 Å². The molecule has 0 radical (unpaired) electrons. The van der Waals surface area contributed by atoms with Gasteiger partial charge < -0.3 is 19.9 Å². The van der Waals surface area contributed by atoms with Crippen LogP contribution in [0.15, 0.2) is 28.1 Å². The zero-order chi connectivity index (χ0) is 13.2. The van der Waals surface area contributed by atoms with Gasteiger partial charge in [-0.15, -0.1) is 11.3 Å².